The number of alkyl carbamates (subject to hydrolysis) is 1. The Morgan fingerprint density at radius 1 is 1.28 bits per heavy atom. The topological polar surface area (TPSA) is 87.3 Å². The molecule has 0 atom stereocenters. The number of aromatic amines is 1. The molecule has 2 N–H and O–H groups in total. The molecule has 1 aliphatic rings. The van der Waals surface area contributed by atoms with Gasteiger partial charge in [-0.1, -0.05) is 12.1 Å². The molecule has 1 saturated heterocycles. The number of para-hydroxylation sites is 1. The molecule has 7 heteroatoms. The maximum atomic E-state index is 12.2. The summed E-state index contributed by atoms with van der Waals surface area (Å²) in [6.07, 6.45) is 1.16. The van der Waals surface area contributed by atoms with Crippen molar-refractivity contribution < 1.29 is 9.53 Å². The van der Waals surface area contributed by atoms with Crippen LogP contribution in [0.5, 0.6) is 0 Å². The van der Waals surface area contributed by atoms with E-state index >= 15 is 0 Å². The summed E-state index contributed by atoms with van der Waals surface area (Å²) >= 11 is 0. The Morgan fingerprint density at radius 2 is 1.96 bits per heavy atom. The SMILES string of the molecule is CC(C)(C)OC(=O)NC1CCN(c2nc3ccccc3c(=O)[nH]2)CC1. The molecule has 1 aromatic heterocycles. The van der Waals surface area contributed by atoms with Crippen LogP contribution in [0.3, 0.4) is 0 Å². The molecule has 1 fully saturated rings. The van der Waals surface area contributed by atoms with Gasteiger partial charge in [0.2, 0.25) is 5.95 Å². The molecule has 2 heterocycles. The van der Waals surface area contributed by atoms with Crippen molar-refractivity contribution in [3.8, 4) is 0 Å². The Bertz CT molecular complexity index is 817. The fourth-order valence-electron chi connectivity index (χ4n) is 2.93. The summed E-state index contributed by atoms with van der Waals surface area (Å²) in [6.45, 7) is 6.95. The number of hydrogen-bond acceptors (Lipinski definition) is 5. The van der Waals surface area contributed by atoms with Crippen LogP contribution in [0.2, 0.25) is 0 Å². The molecule has 1 amide bonds. The monoisotopic (exact) mass is 344 g/mol. The Balaban J connectivity index is 1.63. The molecule has 2 aromatic rings. The van der Waals surface area contributed by atoms with E-state index in [-0.39, 0.29) is 17.7 Å². The molecular formula is C18H24N4O3. The zero-order valence-electron chi connectivity index (χ0n) is 14.8. The van der Waals surface area contributed by atoms with Gasteiger partial charge in [-0.05, 0) is 45.7 Å². The molecule has 0 bridgehead atoms. The maximum Gasteiger partial charge on any atom is 0.407 e. The van der Waals surface area contributed by atoms with Crippen molar-refractivity contribution in [1.82, 2.24) is 15.3 Å². The largest absolute Gasteiger partial charge is 0.444 e. The summed E-state index contributed by atoms with van der Waals surface area (Å²) < 4.78 is 5.29. The molecule has 25 heavy (non-hydrogen) atoms. The lowest BCUT2D eigenvalue weighted by atomic mass is 10.1. The van der Waals surface area contributed by atoms with E-state index in [9.17, 15) is 9.59 Å². The third-order valence-corrected chi connectivity index (χ3v) is 4.12. The Kier molecular flexibility index (Phi) is 4.65. The van der Waals surface area contributed by atoms with Crippen molar-refractivity contribution in [3.63, 3.8) is 0 Å². The highest BCUT2D eigenvalue weighted by Crippen LogP contribution is 2.18. The second kappa shape index (κ2) is 6.74. The van der Waals surface area contributed by atoms with Crippen molar-refractivity contribution >= 4 is 22.9 Å². The first-order chi connectivity index (χ1) is 11.8. The summed E-state index contributed by atoms with van der Waals surface area (Å²) in [7, 11) is 0. The van der Waals surface area contributed by atoms with Gasteiger partial charge in [-0.2, -0.15) is 0 Å². The van der Waals surface area contributed by atoms with E-state index in [0.717, 1.165) is 12.8 Å². The van der Waals surface area contributed by atoms with Gasteiger partial charge in [0.1, 0.15) is 5.60 Å². The smallest absolute Gasteiger partial charge is 0.407 e. The summed E-state index contributed by atoms with van der Waals surface area (Å²) in [5.41, 5.74) is 0.0593. The lowest BCUT2D eigenvalue weighted by molar-refractivity contribution is 0.0497. The minimum absolute atomic E-state index is 0.0679. The van der Waals surface area contributed by atoms with E-state index in [1.54, 1.807) is 6.07 Å². The van der Waals surface area contributed by atoms with Crippen molar-refractivity contribution in [2.45, 2.75) is 45.3 Å². The van der Waals surface area contributed by atoms with Gasteiger partial charge < -0.3 is 15.0 Å². The van der Waals surface area contributed by atoms with Gasteiger partial charge in [0.15, 0.2) is 0 Å². The van der Waals surface area contributed by atoms with Gasteiger partial charge in [0.05, 0.1) is 10.9 Å². The van der Waals surface area contributed by atoms with Crippen LogP contribution in [0.4, 0.5) is 10.7 Å². The highest BCUT2D eigenvalue weighted by molar-refractivity contribution is 5.78. The third kappa shape index (κ3) is 4.29. The highest BCUT2D eigenvalue weighted by atomic mass is 16.6. The fourth-order valence-corrected chi connectivity index (χ4v) is 2.93. The number of amides is 1. The van der Waals surface area contributed by atoms with Gasteiger partial charge in [0.25, 0.3) is 5.56 Å². The van der Waals surface area contributed by atoms with Gasteiger partial charge in [0, 0.05) is 19.1 Å². The second-order valence-electron chi connectivity index (χ2n) is 7.31. The zero-order chi connectivity index (χ0) is 18.0. The van der Waals surface area contributed by atoms with Crippen LogP contribution in [-0.2, 0) is 4.74 Å². The number of carbonyl (C=O) groups excluding carboxylic acids is 1. The first-order valence-corrected chi connectivity index (χ1v) is 8.55. The lowest BCUT2D eigenvalue weighted by Gasteiger charge is -2.33. The van der Waals surface area contributed by atoms with E-state index in [0.29, 0.717) is 29.9 Å². The van der Waals surface area contributed by atoms with Crippen molar-refractivity contribution in [3.05, 3.63) is 34.6 Å². The molecule has 3 rings (SSSR count). The number of carbonyl (C=O) groups is 1. The van der Waals surface area contributed by atoms with Crippen molar-refractivity contribution in [2.75, 3.05) is 18.0 Å². The predicted octanol–water partition coefficient (Wildman–Crippen LogP) is 2.42. The molecule has 7 nitrogen and oxygen atoms in total. The number of aromatic nitrogens is 2. The summed E-state index contributed by atoms with van der Waals surface area (Å²) in [4.78, 5) is 33.5. The second-order valence-corrected chi connectivity index (χ2v) is 7.31. The van der Waals surface area contributed by atoms with E-state index in [1.165, 1.54) is 0 Å². The molecule has 0 saturated carbocycles. The van der Waals surface area contributed by atoms with Crippen molar-refractivity contribution in [2.24, 2.45) is 0 Å². The number of piperidine rings is 1. The number of fused-ring (bicyclic) bond motifs is 1. The van der Waals surface area contributed by atoms with E-state index in [2.05, 4.69) is 15.3 Å². The van der Waals surface area contributed by atoms with Gasteiger partial charge in [-0.25, -0.2) is 9.78 Å². The molecule has 0 aliphatic carbocycles. The van der Waals surface area contributed by atoms with E-state index in [4.69, 9.17) is 4.74 Å². The number of nitrogens with one attached hydrogen (secondary N) is 2. The molecule has 134 valence electrons. The van der Waals surface area contributed by atoms with Crippen molar-refractivity contribution in [1.29, 1.82) is 0 Å². The number of hydrogen-bond donors (Lipinski definition) is 2. The standard InChI is InChI=1S/C18H24N4O3/c1-18(2,3)25-17(24)19-12-8-10-22(11-9-12)16-20-14-7-5-4-6-13(14)15(23)21-16/h4-7,12H,8-11H2,1-3H3,(H,19,24)(H,20,21,23). The molecule has 0 spiro atoms. The number of rotatable bonds is 2. The molecule has 0 radical (unpaired) electrons. The van der Waals surface area contributed by atoms with Crippen LogP contribution in [0, 0.1) is 0 Å². The van der Waals surface area contributed by atoms with Crippen LogP contribution < -0.4 is 15.8 Å². The average molecular weight is 344 g/mol. The first-order valence-electron chi connectivity index (χ1n) is 8.55. The Morgan fingerprint density at radius 3 is 2.64 bits per heavy atom. The predicted molar refractivity (Wildman–Crippen MR) is 97.0 cm³/mol. The van der Waals surface area contributed by atoms with E-state index in [1.807, 2.05) is 43.9 Å². The summed E-state index contributed by atoms with van der Waals surface area (Å²) in [6, 6.07) is 7.37. The summed E-state index contributed by atoms with van der Waals surface area (Å²) in [5.74, 6) is 0.583. The lowest BCUT2D eigenvalue weighted by Crippen LogP contribution is -2.46. The zero-order valence-corrected chi connectivity index (χ0v) is 14.8. The average Bonchev–Trinajstić information content (AvgIpc) is 2.53. The minimum atomic E-state index is -0.501. The van der Waals surface area contributed by atoms with Crippen LogP contribution >= 0.6 is 0 Å². The van der Waals surface area contributed by atoms with Crippen LogP contribution in [0.15, 0.2) is 29.1 Å². The minimum Gasteiger partial charge on any atom is -0.444 e. The first kappa shape index (κ1) is 17.3. The van der Waals surface area contributed by atoms with E-state index < -0.39 is 5.60 Å². The number of nitrogens with zero attached hydrogens (tertiary/aromatic N) is 2. The van der Waals surface area contributed by atoms with Gasteiger partial charge in [-0.3, -0.25) is 9.78 Å². The van der Waals surface area contributed by atoms with Gasteiger partial charge in [-0.15, -0.1) is 0 Å². The van der Waals surface area contributed by atoms with Gasteiger partial charge >= 0.3 is 6.09 Å². The maximum absolute atomic E-state index is 12.2. The summed E-state index contributed by atoms with van der Waals surface area (Å²) in [5, 5.41) is 3.50. The van der Waals surface area contributed by atoms with Crippen LogP contribution in [0.1, 0.15) is 33.6 Å². The fraction of sp³-hybridized carbons (Fsp3) is 0.500. The molecule has 1 aromatic carbocycles. The Hall–Kier alpha value is -2.57. The quantitative estimate of drug-likeness (QED) is 0.873. The normalized spacial score (nSPS) is 16.0. The number of benzene rings is 1. The number of ether oxygens (including phenoxy) is 1. The Labute approximate surface area is 146 Å². The molecule has 0 unspecified atom stereocenters. The number of H-pyrrole nitrogens is 1. The highest BCUT2D eigenvalue weighted by Gasteiger charge is 2.24. The van der Waals surface area contributed by atoms with Crippen LogP contribution in [0.25, 0.3) is 10.9 Å². The molecule has 1 aliphatic heterocycles. The molecular weight excluding hydrogens is 320 g/mol. The van der Waals surface area contributed by atoms with Crippen LogP contribution in [-0.4, -0.2) is 40.8 Å². The third-order valence-electron chi connectivity index (χ3n) is 4.12. The number of anilines is 1.